The third-order valence-corrected chi connectivity index (χ3v) is 5.66. The maximum absolute atomic E-state index is 12.8. The highest BCUT2D eigenvalue weighted by Crippen LogP contribution is 2.34. The van der Waals surface area contributed by atoms with Crippen LogP contribution < -0.4 is 5.32 Å². The highest BCUT2D eigenvalue weighted by molar-refractivity contribution is 6.31. The van der Waals surface area contributed by atoms with Crippen molar-refractivity contribution in [3.8, 4) is 0 Å². The fourth-order valence-corrected chi connectivity index (χ4v) is 3.84. The smallest absolute Gasteiger partial charge is 0.273 e. The van der Waals surface area contributed by atoms with Crippen LogP contribution in [0.5, 0.6) is 0 Å². The Balaban J connectivity index is 1.56. The summed E-state index contributed by atoms with van der Waals surface area (Å²) in [5.41, 5.74) is 3.11. The van der Waals surface area contributed by atoms with Gasteiger partial charge in [0.15, 0.2) is 5.69 Å². The first-order chi connectivity index (χ1) is 15.4. The van der Waals surface area contributed by atoms with Crippen molar-refractivity contribution in [1.29, 1.82) is 0 Å². The number of nitrogens with zero attached hydrogens (tertiary/aromatic N) is 4. The molecule has 0 aliphatic rings. The van der Waals surface area contributed by atoms with E-state index in [1.54, 1.807) is 14.1 Å². The van der Waals surface area contributed by atoms with E-state index in [2.05, 4.69) is 20.6 Å². The topological polar surface area (TPSA) is 95.9 Å². The number of aromatic amines is 1. The Bertz CT molecular complexity index is 1260. The van der Waals surface area contributed by atoms with Crippen LogP contribution in [0, 0.1) is 0 Å². The lowest BCUT2D eigenvalue weighted by molar-refractivity contribution is -0.129. The highest BCUT2D eigenvalue weighted by Gasteiger charge is 2.22. The van der Waals surface area contributed by atoms with Gasteiger partial charge in [0.05, 0.1) is 6.20 Å². The van der Waals surface area contributed by atoms with Gasteiger partial charge in [-0.2, -0.15) is 0 Å². The van der Waals surface area contributed by atoms with Crippen LogP contribution in [0.25, 0.3) is 10.9 Å². The van der Waals surface area contributed by atoms with Gasteiger partial charge >= 0.3 is 0 Å². The van der Waals surface area contributed by atoms with Gasteiger partial charge < -0.3 is 15.2 Å². The standard InChI is InChI=1S/C23H23ClN6O2/c1-29(2)22(31)14-30-13-21(27-28-30)23(32)26-12-17(15-7-3-5-9-19(15)24)18-11-25-20-10-6-4-8-16(18)20/h3-11,13,17,25H,12,14H2,1-2H3,(H,26,32). The van der Waals surface area contributed by atoms with Gasteiger partial charge in [-0.3, -0.25) is 9.59 Å². The molecule has 0 bridgehead atoms. The minimum absolute atomic E-state index is 0.0187. The van der Waals surface area contributed by atoms with E-state index in [1.807, 2.05) is 54.7 Å². The Hall–Kier alpha value is -3.65. The molecule has 164 valence electrons. The molecule has 1 unspecified atom stereocenters. The summed E-state index contributed by atoms with van der Waals surface area (Å²) in [7, 11) is 3.32. The van der Waals surface area contributed by atoms with Gasteiger partial charge in [-0.05, 0) is 23.3 Å². The maximum Gasteiger partial charge on any atom is 0.273 e. The quantitative estimate of drug-likeness (QED) is 0.452. The molecule has 0 aliphatic heterocycles. The number of halogens is 1. The monoisotopic (exact) mass is 450 g/mol. The molecular weight excluding hydrogens is 428 g/mol. The van der Waals surface area contributed by atoms with Gasteiger partial charge in [0.25, 0.3) is 5.91 Å². The number of para-hydroxylation sites is 1. The molecule has 0 saturated heterocycles. The molecule has 4 rings (SSSR count). The second-order valence-electron chi connectivity index (χ2n) is 7.66. The zero-order valence-electron chi connectivity index (χ0n) is 17.7. The molecule has 0 fully saturated rings. The van der Waals surface area contributed by atoms with Crippen LogP contribution in [-0.4, -0.2) is 57.3 Å². The summed E-state index contributed by atoms with van der Waals surface area (Å²) in [6.07, 6.45) is 3.42. The zero-order chi connectivity index (χ0) is 22.7. The molecule has 0 spiro atoms. The molecule has 32 heavy (non-hydrogen) atoms. The number of benzene rings is 2. The fraction of sp³-hybridized carbons (Fsp3) is 0.217. The first kappa shape index (κ1) is 21.6. The van der Waals surface area contributed by atoms with Crippen LogP contribution in [0.2, 0.25) is 5.02 Å². The van der Waals surface area contributed by atoms with Crippen molar-refractivity contribution in [2.24, 2.45) is 0 Å². The molecule has 0 radical (unpaired) electrons. The Kier molecular flexibility index (Phi) is 6.23. The van der Waals surface area contributed by atoms with Crippen LogP contribution in [0.4, 0.5) is 0 Å². The predicted octanol–water partition coefficient (Wildman–Crippen LogP) is 3.06. The first-order valence-corrected chi connectivity index (χ1v) is 10.5. The Labute approximate surface area is 190 Å². The minimum atomic E-state index is -0.370. The summed E-state index contributed by atoms with van der Waals surface area (Å²) in [6, 6.07) is 15.6. The second-order valence-corrected chi connectivity index (χ2v) is 8.07. The number of fused-ring (bicyclic) bond motifs is 1. The van der Waals surface area contributed by atoms with E-state index in [0.717, 1.165) is 22.0 Å². The van der Waals surface area contributed by atoms with Gasteiger partial charge in [-0.25, -0.2) is 4.68 Å². The predicted molar refractivity (Wildman–Crippen MR) is 123 cm³/mol. The number of carbonyl (C=O) groups excluding carboxylic acids is 2. The molecular formula is C23H23ClN6O2. The van der Waals surface area contributed by atoms with E-state index in [0.29, 0.717) is 11.6 Å². The number of rotatable bonds is 7. The zero-order valence-corrected chi connectivity index (χ0v) is 18.5. The van der Waals surface area contributed by atoms with Gasteiger partial charge in [0, 0.05) is 48.7 Å². The average molecular weight is 451 g/mol. The molecule has 2 heterocycles. The number of carbonyl (C=O) groups is 2. The van der Waals surface area contributed by atoms with E-state index < -0.39 is 0 Å². The minimum Gasteiger partial charge on any atom is -0.361 e. The molecule has 2 amide bonds. The van der Waals surface area contributed by atoms with Crippen LogP contribution in [0.3, 0.4) is 0 Å². The molecule has 2 aromatic heterocycles. The van der Waals surface area contributed by atoms with Crippen molar-refractivity contribution in [2.45, 2.75) is 12.5 Å². The molecule has 2 aromatic carbocycles. The molecule has 1 atom stereocenters. The lowest BCUT2D eigenvalue weighted by Gasteiger charge is -2.19. The van der Waals surface area contributed by atoms with Crippen LogP contribution in [-0.2, 0) is 11.3 Å². The largest absolute Gasteiger partial charge is 0.361 e. The normalized spacial score (nSPS) is 12.0. The van der Waals surface area contributed by atoms with Crippen LogP contribution in [0.15, 0.2) is 60.9 Å². The van der Waals surface area contributed by atoms with E-state index in [1.165, 1.54) is 15.8 Å². The average Bonchev–Trinajstić information content (AvgIpc) is 3.42. The first-order valence-electron chi connectivity index (χ1n) is 10.1. The van der Waals surface area contributed by atoms with Crippen molar-refractivity contribution < 1.29 is 9.59 Å². The SMILES string of the molecule is CN(C)C(=O)Cn1cc(C(=O)NCC(c2ccccc2Cl)c2c[nH]c3ccccc23)nn1. The third-order valence-electron chi connectivity index (χ3n) is 5.31. The second kappa shape index (κ2) is 9.23. The summed E-state index contributed by atoms with van der Waals surface area (Å²) >= 11 is 6.51. The van der Waals surface area contributed by atoms with Gasteiger partial charge in [-0.15, -0.1) is 5.10 Å². The Morgan fingerprint density at radius 3 is 2.66 bits per heavy atom. The Morgan fingerprint density at radius 1 is 1.12 bits per heavy atom. The van der Waals surface area contributed by atoms with E-state index >= 15 is 0 Å². The third kappa shape index (κ3) is 4.50. The number of hydrogen-bond donors (Lipinski definition) is 2. The molecule has 4 aromatic rings. The maximum atomic E-state index is 12.8. The van der Waals surface area contributed by atoms with Crippen molar-refractivity contribution in [2.75, 3.05) is 20.6 Å². The summed E-state index contributed by atoms with van der Waals surface area (Å²) in [5, 5.41) is 12.4. The molecule has 0 aliphatic carbocycles. The summed E-state index contributed by atoms with van der Waals surface area (Å²) < 4.78 is 1.35. The van der Waals surface area contributed by atoms with Crippen molar-refractivity contribution in [3.05, 3.63) is 82.8 Å². The fourth-order valence-electron chi connectivity index (χ4n) is 3.57. The van der Waals surface area contributed by atoms with Crippen LogP contribution >= 0.6 is 11.6 Å². The lowest BCUT2D eigenvalue weighted by atomic mass is 9.90. The van der Waals surface area contributed by atoms with Crippen molar-refractivity contribution in [1.82, 2.24) is 30.2 Å². The lowest BCUT2D eigenvalue weighted by Crippen LogP contribution is -2.29. The number of H-pyrrole nitrogens is 1. The van der Waals surface area contributed by atoms with Crippen molar-refractivity contribution in [3.63, 3.8) is 0 Å². The number of amides is 2. The molecule has 9 heteroatoms. The van der Waals surface area contributed by atoms with Gasteiger partial charge in [0.2, 0.25) is 5.91 Å². The van der Waals surface area contributed by atoms with Gasteiger partial charge in [-0.1, -0.05) is 53.2 Å². The van der Waals surface area contributed by atoms with Gasteiger partial charge in [0.1, 0.15) is 6.54 Å². The summed E-state index contributed by atoms with van der Waals surface area (Å²) in [4.78, 5) is 29.4. The molecule has 0 saturated carbocycles. The van der Waals surface area contributed by atoms with E-state index in [9.17, 15) is 9.59 Å². The number of likely N-dealkylation sites (N-methyl/N-ethyl adjacent to an activating group) is 1. The van der Waals surface area contributed by atoms with Crippen LogP contribution in [0.1, 0.15) is 27.5 Å². The number of nitrogens with one attached hydrogen (secondary N) is 2. The van der Waals surface area contributed by atoms with Crippen molar-refractivity contribution >= 4 is 34.3 Å². The number of aromatic nitrogens is 4. The van der Waals surface area contributed by atoms with E-state index in [-0.39, 0.29) is 30.0 Å². The highest BCUT2D eigenvalue weighted by atomic mass is 35.5. The summed E-state index contributed by atoms with van der Waals surface area (Å²) in [5.74, 6) is -0.681. The number of hydrogen-bond acceptors (Lipinski definition) is 4. The molecule has 2 N–H and O–H groups in total. The summed E-state index contributed by atoms with van der Waals surface area (Å²) in [6.45, 7) is 0.332. The Morgan fingerprint density at radius 2 is 1.88 bits per heavy atom. The molecule has 8 nitrogen and oxygen atoms in total. The van der Waals surface area contributed by atoms with E-state index in [4.69, 9.17) is 11.6 Å².